The van der Waals surface area contributed by atoms with Crippen LogP contribution in [0.15, 0.2) is 115 Å². The van der Waals surface area contributed by atoms with Crippen LogP contribution in [0.25, 0.3) is 0 Å². The SMILES string of the molecule is CCC(=O)N(CC1(N2CCN(Cc3ccccc3)CC2)CCOCC1)c1ccccc1.CCC(=O)N(CC1(N2CCN(Cc3ccccc3)CC2)CCOCC1)c1ccccc1Cl. The van der Waals surface area contributed by atoms with Crippen molar-refractivity contribution >= 4 is 34.8 Å². The lowest BCUT2D eigenvalue weighted by atomic mass is 9.86. The van der Waals surface area contributed by atoms with Crippen LogP contribution in [0.1, 0.15) is 63.5 Å². The quantitative estimate of drug-likeness (QED) is 0.126. The molecule has 0 unspecified atom stereocenters. The number of amides is 2. The fourth-order valence-electron chi connectivity index (χ4n) is 9.98. The number of piperazine rings is 2. The second kappa shape index (κ2) is 23.2. The van der Waals surface area contributed by atoms with Crippen LogP contribution in [-0.2, 0) is 32.2 Å². The van der Waals surface area contributed by atoms with Crippen molar-refractivity contribution in [1.82, 2.24) is 19.6 Å². The van der Waals surface area contributed by atoms with E-state index < -0.39 is 0 Å². The molecule has 4 aromatic rings. The Morgan fingerprint density at radius 3 is 1.33 bits per heavy atom. The fourth-order valence-corrected chi connectivity index (χ4v) is 10.2. The van der Waals surface area contributed by atoms with Crippen molar-refractivity contribution in [3.8, 4) is 0 Å². The van der Waals surface area contributed by atoms with Crippen molar-refractivity contribution in [2.24, 2.45) is 0 Å². The van der Waals surface area contributed by atoms with Gasteiger partial charge in [-0.3, -0.25) is 29.2 Å². The van der Waals surface area contributed by atoms with Gasteiger partial charge in [0.25, 0.3) is 0 Å². The van der Waals surface area contributed by atoms with Crippen LogP contribution in [0.4, 0.5) is 11.4 Å². The third kappa shape index (κ3) is 12.4. The second-order valence-electron chi connectivity index (χ2n) is 17.6. The molecule has 0 bridgehead atoms. The minimum Gasteiger partial charge on any atom is -0.381 e. The van der Waals surface area contributed by atoms with Gasteiger partial charge < -0.3 is 19.3 Å². The molecule has 0 aromatic heterocycles. The van der Waals surface area contributed by atoms with E-state index in [0.717, 1.165) is 135 Å². The average Bonchev–Trinajstić information content (AvgIpc) is 3.34. The zero-order valence-corrected chi connectivity index (χ0v) is 38.5. The van der Waals surface area contributed by atoms with E-state index in [4.69, 9.17) is 21.1 Å². The predicted octanol–water partition coefficient (Wildman–Crippen LogP) is 8.25. The van der Waals surface area contributed by atoms with Gasteiger partial charge in [-0.1, -0.05) is 116 Å². The molecule has 0 spiro atoms. The molecule has 4 aromatic carbocycles. The number of carbonyl (C=O) groups is 2. The highest BCUT2D eigenvalue weighted by Gasteiger charge is 2.44. The summed E-state index contributed by atoms with van der Waals surface area (Å²) in [6.45, 7) is 18.6. The number of para-hydroxylation sites is 2. The predicted molar refractivity (Wildman–Crippen MR) is 255 cm³/mol. The summed E-state index contributed by atoms with van der Waals surface area (Å²) in [5, 5.41) is 0.629. The topological polar surface area (TPSA) is 72.0 Å². The first kappa shape index (κ1) is 46.9. The molecular weight excluding hydrogens is 808 g/mol. The number of hydrogen-bond acceptors (Lipinski definition) is 8. The Morgan fingerprint density at radius 2 is 0.905 bits per heavy atom. The normalized spacial score (nSPS) is 19.7. The molecule has 4 aliphatic rings. The Balaban J connectivity index is 0.000000189. The van der Waals surface area contributed by atoms with Gasteiger partial charge >= 0.3 is 0 Å². The monoisotopic (exact) mass is 877 g/mol. The van der Waals surface area contributed by atoms with Crippen LogP contribution in [0.5, 0.6) is 0 Å². The number of ether oxygens (including phenoxy) is 2. The van der Waals surface area contributed by atoms with Gasteiger partial charge in [0.1, 0.15) is 0 Å². The maximum Gasteiger partial charge on any atom is 0.226 e. The number of nitrogens with zero attached hydrogens (tertiary/aromatic N) is 6. The van der Waals surface area contributed by atoms with Crippen molar-refractivity contribution in [3.63, 3.8) is 0 Å². The van der Waals surface area contributed by atoms with Gasteiger partial charge in [-0.25, -0.2) is 0 Å². The molecule has 338 valence electrons. The molecule has 0 radical (unpaired) electrons. The Kier molecular flexibility index (Phi) is 17.2. The van der Waals surface area contributed by atoms with Gasteiger partial charge in [0.2, 0.25) is 11.8 Å². The number of carbonyl (C=O) groups excluding carboxylic acids is 2. The minimum absolute atomic E-state index is 0.0161. The highest BCUT2D eigenvalue weighted by molar-refractivity contribution is 6.33. The average molecular weight is 878 g/mol. The summed E-state index contributed by atoms with van der Waals surface area (Å²) < 4.78 is 11.5. The lowest BCUT2D eigenvalue weighted by Crippen LogP contribution is -2.63. The molecule has 4 heterocycles. The number of halogens is 1. The third-order valence-electron chi connectivity index (χ3n) is 13.8. The molecule has 4 aliphatic heterocycles. The van der Waals surface area contributed by atoms with Crippen molar-refractivity contribution in [2.75, 3.05) is 102 Å². The van der Waals surface area contributed by atoms with E-state index in [1.807, 2.05) is 66.1 Å². The molecular formula is C52H69ClN6O4. The highest BCUT2D eigenvalue weighted by atomic mass is 35.5. The Bertz CT molecular complexity index is 1980. The van der Waals surface area contributed by atoms with Crippen molar-refractivity contribution < 1.29 is 19.1 Å². The summed E-state index contributed by atoms with van der Waals surface area (Å²) in [7, 11) is 0. The van der Waals surface area contributed by atoms with Crippen LogP contribution in [0.2, 0.25) is 5.02 Å². The van der Waals surface area contributed by atoms with E-state index in [9.17, 15) is 9.59 Å². The largest absolute Gasteiger partial charge is 0.381 e. The van der Waals surface area contributed by atoms with E-state index in [2.05, 4.69) is 92.4 Å². The van der Waals surface area contributed by atoms with Crippen LogP contribution in [0.3, 0.4) is 0 Å². The molecule has 0 aliphatic carbocycles. The van der Waals surface area contributed by atoms with E-state index in [-0.39, 0.29) is 22.9 Å². The van der Waals surface area contributed by atoms with Crippen molar-refractivity contribution in [1.29, 1.82) is 0 Å². The van der Waals surface area contributed by atoms with Gasteiger partial charge in [-0.05, 0) is 61.1 Å². The Labute approximate surface area is 381 Å². The summed E-state index contributed by atoms with van der Waals surface area (Å²) in [6, 6.07) is 39.3. The summed E-state index contributed by atoms with van der Waals surface area (Å²) in [4.78, 5) is 40.2. The lowest BCUT2D eigenvalue weighted by molar-refractivity contribution is -0.120. The van der Waals surface area contributed by atoms with E-state index >= 15 is 0 Å². The second-order valence-corrected chi connectivity index (χ2v) is 18.0. The first-order chi connectivity index (χ1) is 30.8. The summed E-state index contributed by atoms with van der Waals surface area (Å²) in [5.41, 5.74) is 4.46. The molecule has 63 heavy (non-hydrogen) atoms. The number of hydrogen-bond donors (Lipinski definition) is 0. The van der Waals surface area contributed by atoms with Gasteiger partial charge in [0.05, 0.1) is 10.7 Å². The van der Waals surface area contributed by atoms with Crippen LogP contribution < -0.4 is 9.80 Å². The molecule has 4 fully saturated rings. The molecule has 11 heteroatoms. The van der Waals surface area contributed by atoms with E-state index in [0.29, 0.717) is 24.4 Å². The summed E-state index contributed by atoms with van der Waals surface area (Å²) in [6.07, 6.45) is 4.81. The molecule has 10 nitrogen and oxygen atoms in total. The van der Waals surface area contributed by atoms with E-state index in [1.54, 1.807) is 0 Å². The van der Waals surface area contributed by atoms with Gasteiger partial charge in [-0.2, -0.15) is 0 Å². The summed E-state index contributed by atoms with van der Waals surface area (Å²) in [5.74, 6) is 0.312. The van der Waals surface area contributed by atoms with Gasteiger partial charge in [0.15, 0.2) is 0 Å². The number of anilines is 2. The van der Waals surface area contributed by atoms with Crippen LogP contribution >= 0.6 is 11.6 Å². The maximum atomic E-state index is 13.0. The standard InChI is InChI=1S/C26H34ClN3O2.C26H35N3O2/c1-2-25(31)30(24-11-7-6-10-23(24)27)21-26(12-18-32-19-13-26)29-16-14-28(15-17-29)20-22-8-4-3-5-9-22;1-2-25(30)29(24-11-7-4-8-12-24)22-26(13-19-31-20-14-26)28-17-15-27(16-18-28)21-23-9-5-3-6-10-23/h3-11H,2,12-21H2,1H3;3-12H,2,13-22H2,1H3. The first-order valence-electron chi connectivity index (χ1n) is 23.4. The van der Waals surface area contributed by atoms with Crippen LogP contribution in [-0.4, -0.2) is 134 Å². The molecule has 4 saturated heterocycles. The van der Waals surface area contributed by atoms with Crippen molar-refractivity contribution in [3.05, 3.63) is 131 Å². The fraction of sp³-hybridized carbons (Fsp3) is 0.500. The maximum absolute atomic E-state index is 13.0. The Hall–Kier alpha value is -4.13. The zero-order chi connectivity index (χ0) is 43.9. The highest BCUT2D eigenvalue weighted by Crippen LogP contribution is 2.36. The Morgan fingerprint density at radius 1 is 0.524 bits per heavy atom. The van der Waals surface area contributed by atoms with Crippen molar-refractivity contribution in [2.45, 2.75) is 76.5 Å². The van der Waals surface area contributed by atoms with Gasteiger partial charge in [0, 0.05) is 135 Å². The van der Waals surface area contributed by atoms with Gasteiger partial charge in [-0.15, -0.1) is 0 Å². The number of benzene rings is 4. The molecule has 8 rings (SSSR count). The number of rotatable bonds is 14. The molecule has 2 amide bonds. The van der Waals surface area contributed by atoms with E-state index in [1.165, 1.54) is 11.1 Å². The summed E-state index contributed by atoms with van der Waals surface area (Å²) >= 11 is 6.53. The third-order valence-corrected chi connectivity index (χ3v) is 14.1. The molecule has 0 N–H and O–H groups in total. The first-order valence-corrected chi connectivity index (χ1v) is 23.8. The lowest BCUT2D eigenvalue weighted by Gasteiger charge is -2.51. The zero-order valence-electron chi connectivity index (χ0n) is 37.7. The minimum atomic E-state index is -0.0823. The molecule has 0 saturated carbocycles. The molecule has 0 atom stereocenters. The van der Waals surface area contributed by atoms with Crippen LogP contribution in [0, 0.1) is 0 Å². The smallest absolute Gasteiger partial charge is 0.226 e.